The summed E-state index contributed by atoms with van der Waals surface area (Å²) in [5, 5.41) is 3.48. The maximum absolute atomic E-state index is 5.54. The van der Waals surface area contributed by atoms with Crippen LogP contribution in [0.15, 0.2) is 10.5 Å². The molecule has 1 fully saturated rings. The van der Waals surface area contributed by atoms with E-state index in [1.54, 1.807) is 0 Å². The molecule has 18 heavy (non-hydrogen) atoms. The molecule has 1 unspecified atom stereocenters. The number of rotatable bonds is 2. The van der Waals surface area contributed by atoms with E-state index in [9.17, 15) is 0 Å². The predicted octanol–water partition coefficient (Wildman–Crippen LogP) is 3.21. The van der Waals surface area contributed by atoms with E-state index >= 15 is 0 Å². The van der Waals surface area contributed by atoms with Crippen molar-refractivity contribution < 1.29 is 9.47 Å². The molecule has 0 bridgehead atoms. The average molecular weight is 312 g/mol. The Morgan fingerprint density at radius 3 is 3.06 bits per heavy atom. The SMILES string of the molecule is CCc1c(C2CCCNC2)cc2c(c1Br)OCO2. The van der Waals surface area contributed by atoms with E-state index in [0.717, 1.165) is 35.5 Å². The van der Waals surface area contributed by atoms with Crippen molar-refractivity contribution in [2.75, 3.05) is 19.9 Å². The quantitative estimate of drug-likeness (QED) is 0.909. The van der Waals surface area contributed by atoms with Gasteiger partial charge in [0.25, 0.3) is 0 Å². The Labute approximate surface area is 116 Å². The molecule has 2 aliphatic heterocycles. The van der Waals surface area contributed by atoms with Crippen molar-refractivity contribution >= 4 is 15.9 Å². The molecule has 0 aliphatic carbocycles. The fraction of sp³-hybridized carbons (Fsp3) is 0.571. The summed E-state index contributed by atoms with van der Waals surface area (Å²) in [6.45, 7) is 4.74. The number of nitrogens with one attached hydrogen (secondary N) is 1. The molecule has 1 saturated heterocycles. The van der Waals surface area contributed by atoms with Crippen LogP contribution >= 0.6 is 15.9 Å². The van der Waals surface area contributed by atoms with Crippen molar-refractivity contribution in [3.05, 3.63) is 21.7 Å². The molecule has 0 spiro atoms. The summed E-state index contributed by atoms with van der Waals surface area (Å²) in [4.78, 5) is 0. The maximum Gasteiger partial charge on any atom is 0.231 e. The molecule has 0 saturated carbocycles. The minimum Gasteiger partial charge on any atom is -0.454 e. The third-order valence-corrected chi connectivity index (χ3v) is 4.67. The molecule has 3 rings (SSSR count). The summed E-state index contributed by atoms with van der Waals surface area (Å²) in [5.41, 5.74) is 2.79. The third-order valence-electron chi connectivity index (χ3n) is 3.83. The van der Waals surface area contributed by atoms with E-state index in [1.807, 2.05) is 0 Å². The molecular weight excluding hydrogens is 294 g/mol. The van der Waals surface area contributed by atoms with Gasteiger partial charge in [-0.2, -0.15) is 0 Å². The fourth-order valence-corrected chi connectivity index (χ4v) is 3.72. The van der Waals surface area contributed by atoms with E-state index in [0.29, 0.717) is 12.7 Å². The third kappa shape index (κ3) is 2.01. The molecule has 0 aromatic heterocycles. The van der Waals surface area contributed by atoms with Crippen LogP contribution in [0.4, 0.5) is 0 Å². The lowest BCUT2D eigenvalue weighted by Gasteiger charge is -2.26. The Balaban J connectivity index is 2.04. The second-order valence-corrected chi connectivity index (χ2v) is 5.68. The van der Waals surface area contributed by atoms with Crippen LogP contribution in [0.2, 0.25) is 0 Å². The minimum atomic E-state index is 0.337. The summed E-state index contributed by atoms with van der Waals surface area (Å²) < 4.78 is 12.2. The van der Waals surface area contributed by atoms with Gasteiger partial charge in [-0.1, -0.05) is 6.92 Å². The highest BCUT2D eigenvalue weighted by atomic mass is 79.9. The number of piperidine rings is 1. The van der Waals surface area contributed by atoms with Gasteiger partial charge in [-0.3, -0.25) is 0 Å². The molecule has 1 atom stereocenters. The first kappa shape index (κ1) is 12.3. The van der Waals surface area contributed by atoms with E-state index in [1.165, 1.54) is 24.0 Å². The number of fused-ring (bicyclic) bond motifs is 1. The van der Waals surface area contributed by atoms with Crippen molar-refractivity contribution in [3.8, 4) is 11.5 Å². The van der Waals surface area contributed by atoms with Crippen molar-refractivity contribution in [1.29, 1.82) is 0 Å². The van der Waals surface area contributed by atoms with E-state index < -0.39 is 0 Å². The summed E-state index contributed by atoms with van der Waals surface area (Å²) in [5.74, 6) is 2.36. The van der Waals surface area contributed by atoms with Crippen LogP contribution in [-0.2, 0) is 6.42 Å². The van der Waals surface area contributed by atoms with E-state index in [2.05, 4.69) is 34.2 Å². The van der Waals surface area contributed by atoms with Gasteiger partial charge in [-0.15, -0.1) is 0 Å². The molecule has 1 aromatic rings. The van der Waals surface area contributed by atoms with Crippen molar-refractivity contribution in [3.63, 3.8) is 0 Å². The highest BCUT2D eigenvalue weighted by Gasteiger charge is 2.26. The zero-order valence-corrected chi connectivity index (χ0v) is 12.2. The van der Waals surface area contributed by atoms with Crippen LogP contribution in [0.5, 0.6) is 11.5 Å². The number of benzene rings is 1. The van der Waals surface area contributed by atoms with Crippen molar-refractivity contribution in [2.24, 2.45) is 0 Å². The van der Waals surface area contributed by atoms with Gasteiger partial charge in [0.15, 0.2) is 11.5 Å². The number of halogens is 1. The Morgan fingerprint density at radius 1 is 1.44 bits per heavy atom. The first-order valence-electron chi connectivity index (χ1n) is 6.62. The Bertz CT molecular complexity index is 456. The van der Waals surface area contributed by atoms with Gasteiger partial charge in [0, 0.05) is 6.54 Å². The highest BCUT2D eigenvalue weighted by Crippen LogP contribution is 2.45. The van der Waals surface area contributed by atoms with Crippen molar-refractivity contribution in [2.45, 2.75) is 32.1 Å². The molecule has 3 nitrogen and oxygen atoms in total. The van der Waals surface area contributed by atoms with Crippen LogP contribution in [0.3, 0.4) is 0 Å². The molecule has 2 heterocycles. The molecular formula is C14H18BrNO2. The van der Waals surface area contributed by atoms with Gasteiger partial charge < -0.3 is 14.8 Å². The van der Waals surface area contributed by atoms with Gasteiger partial charge in [-0.05, 0) is 64.8 Å². The summed E-state index contributed by atoms with van der Waals surface area (Å²) >= 11 is 3.68. The largest absolute Gasteiger partial charge is 0.454 e. The van der Waals surface area contributed by atoms with Gasteiger partial charge in [0.1, 0.15) is 0 Å². The topological polar surface area (TPSA) is 30.5 Å². The van der Waals surface area contributed by atoms with Gasteiger partial charge in [0.2, 0.25) is 6.79 Å². The number of hydrogen-bond acceptors (Lipinski definition) is 3. The summed E-state index contributed by atoms with van der Waals surface area (Å²) in [6, 6.07) is 2.18. The van der Waals surface area contributed by atoms with Crippen LogP contribution in [-0.4, -0.2) is 19.9 Å². The minimum absolute atomic E-state index is 0.337. The normalized spacial score (nSPS) is 22.2. The number of ether oxygens (including phenoxy) is 2. The lowest BCUT2D eigenvalue weighted by Crippen LogP contribution is -2.29. The zero-order chi connectivity index (χ0) is 12.5. The average Bonchev–Trinajstić information content (AvgIpc) is 2.88. The first-order valence-corrected chi connectivity index (χ1v) is 7.42. The zero-order valence-electron chi connectivity index (χ0n) is 10.6. The van der Waals surface area contributed by atoms with Crippen LogP contribution in [0, 0.1) is 0 Å². The van der Waals surface area contributed by atoms with Crippen LogP contribution < -0.4 is 14.8 Å². The van der Waals surface area contributed by atoms with E-state index in [4.69, 9.17) is 9.47 Å². The van der Waals surface area contributed by atoms with Gasteiger partial charge in [-0.25, -0.2) is 0 Å². The molecule has 0 radical (unpaired) electrons. The molecule has 98 valence electrons. The molecule has 1 N–H and O–H groups in total. The Morgan fingerprint density at radius 2 is 2.33 bits per heavy atom. The van der Waals surface area contributed by atoms with Crippen molar-refractivity contribution in [1.82, 2.24) is 5.32 Å². The number of hydrogen-bond donors (Lipinski definition) is 1. The standard InChI is InChI=1S/C14H18BrNO2/c1-2-10-11(9-4-3-5-16-7-9)6-12-14(13(10)15)18-8-17-12/h6,9,16H,2-5,7-8H2,1H3. The lowest BCUT2D eigenvalue weighted by atomic mass is 9.87. The first-order chi connectivity index (χ1) is 8.81. The molecule has 1 aromatic carbocycles. The predicted molar refractivity (Wildman–Crippen MR) is 74.5 cm³/mol. The molecule has 4 heteroatoms. The molecule has 0 amide bonds. The summed E-state index contributed by atoms with van der Waals surface area (Å²) in [7, 11) is 0. The molecule has 2 aliphatic rings. The van der Waals surface area contributed by atoms with Gasteiger partial charge in [0.05, 0.1) is 4.47 Å². The second kappa shape index (κ2) is 5.10. The Hall–Kier alpha value is -0.740. The highest BCUT2D eigenvalue weighted by molar-refractivity contribution is 9.10. The van der Waals surface area contributed by atoms with Crippen LogP contribution in [0.25, 0.3) is 0 Å². The Kier molecular flexibility index (Phi) is 3.48. The smallest absolute Gasteiger partial charge is 0.231 e. The monoisotopic (exact) mass is 311 g/mol. The fourth-order valence-electron chi connectivity index (χ4n) is 2.90. The second-order valence-electron chi connectivity index (χ2n) is 4.89. The van der Waals surface area contributed by atoms with Gasteiger partial charge >= 0.3 is 0 Å². The maximum atomic E-state index is 5.54. The van der Waals surface area contributed by atoms with E-state index in [-0.39, 0.29) is 0 Å². The lowest BCUT2D eigenvalue weighted by molar-refractivity contribution is 0.173. The summed E-state index contributed by atoms with van der Waals surface area (Å²) in [6.07, 6.45) is 3.52. The van der Waals surface area contributed by atoms with Crippen LogP contribution in [0.1, 0.15) is 36.8 Å².